The number of nitrogens with zero attached hydrogens (tertiary/aromatic N) is 2. The topological polar surface area (TPSA) is 46.9 Å². The molecule has 0 atom stereocenters. The van der Waals surface area contributed by atoms with Crippen molar-refractivity contribution in [2.75, 3.05) is 12.3 Å². The molecule has 3 rings (SSSR count). The van der Waals surface area contributed by atoms with Gasteiger partial charge in [0, 0.05) is 36.4 Å². The molecule has 0 saturated heterocycles. The number of rotatable bonds is 16. The number of carbonyl (C=O) groups excluding carboxylic acids is 1. The first-order chi connectivity index (χ1) is 17.2. The Labute approximate surface area is 215 Å². The lowest BCUT2D eigenvalue weighted by Gasteiger charge is -2.13. The van der Waals surface area contributed by atoms with E-state index < -0.39 is 0 Å². The number of unbranched alkanes of at least 4 members (excludes halogenated alkanes) is 5. The first-order valence-electron chi connectivity index (χ1n) is 13.4. The standard InChI is InChI=1S/C30H41N3OS/c1-3-5-7-8-15-21-27(34)31-22-16-24-35-30-32-28(25-17-11-9-12-18-25)29(33(30)23-6-4-2)26-19-13-10-14-20-26/h9-14,17-20H,3-8,15-16,21-24H2,1-2H3,(H,31,34). The Morgan fingerprint density at radius 2 is 1.49 bits per heavy atom. The Morgan fingerprint density at radius 3 is 2.17 bits per heavy atom. The maximum atomic E-state index is 12.1. The predicted molar refractivity (Wildman–Crippen MR) is 150 cm³/mol. The zero-order valence-electron chi connectivity index (χ0n) is 21.5. The van der Waals surface area contributed by atoms with Crippen LogP contribution in [0.5, 0.6) is 0 Å². The summed E-state index contributed by atoms with van der Waals surface area (Å²) in [5.41, 5.74) is 4.60. The third-order valence-electron chi connectivity index (χ3n) is 6.14. The number of hydrogen-bond acceptors (Lipinski definition) is 3. The van der Waals surface area contributed by atoms with E-state index in [1.165, 1.54) is 30.5 Å². The van der Waals surface area contributed by atoms with E-state index in [1.807, 2.05) is 0 Å². The van der Waals surface area contributed by atoms with Gasteiger partial charge in [0.05, 0.1) is 11.4 Å². The molecule has 0 aliphatic rings. The highest BCUT2D eigenvalue weighted by molar-refractivity contribution is 7.99. The summed E-state index contributed by atoms with van der Waals surface area (Å²) in [5.74, 6) is 1.12. The van der Waals surface area contributed by atoms with Gasteiger partial charge in [-0.25, -0.2) is 4.98 Å². The summed E-state index contributed by atoms with van der Waals surface area (Å²) in [7, 11) is 0. The van der Waals surface area contributed by atoms with Gasteiger partial charge >= 0.3 is 0 Å². The highest BCUT2D eigenvalue weighted by atomic mass is 32.2. The van der Waals surface area contributed by atoms with E-state index in [4.69, 9.17) is 4.98 Å². The minimum absolute atomic E-state index is 0.189. The molecule has 0 saturated carbocycles. The van der Waals surface area contributed by atoms with Crippen molar-refractivity contribution in [3.63, 3.8) is 0 Å². The van der Waals surface area contributed by atoms with Crippen molar-refractivity contribution in [1.82, 2.24) is 14.9 Å². The van der Waals surface area contributed by atoms with Gasteiger partial charge in [0.25, 0.3) is 0 Å². The fourth-order valence-electron chi connectivity index (χ4n) is 4.19. The van der Waals surface area contributed by atoms with Gasteiger partial charge in [-0.15, -0.1) is 0 Å². The molecule has 188 valence electrons. The number of hydrogen-bond donors (Lipinski definition) is 1. The zero-order valence-corrected chi connectivity index (χ0v) is 22.3. The highest BCUT2D eigenvalue weighted by Crippen LogP contribution is 2.36. The number of aromatic nitrogens is 2. The molecule has 1 N–H and O–H groups in total. The number of nitrogens with one attached hydrogen (secondary N) is 1. The molecule has 3 aromatic rings. The van der Waals surface area contributed by atoms with Crippen LogP contribution in [0.4, 0.5) is 0 Å². The van der Waals surface area contributed by atoms with Crippen molar-refractivity contribution in [2.45, 2.75) is 83.3 Å². The zero-order chi connectivity index (χ0) is 24.7. The Bertz CT molecular complexity index is 1000. The van der Waals surface area contributed by atoms with E-state index in [-0.39, 0.29) is 5.91 Å². The van der Waals surface area contributed by atoms with Crippen LogP contribution < -0.4 is 5.32 Å². The molecule has 35 heavy (non-hydrogen) atoms. The SMILES string of the molecule is CCCCCCCC(=O)NCCCSc1nc(-c2ccccc2)c(-c2ccccc2)n1CCCC. The predicted octanol–water partition coefficient (Wildman–Crippen LogP) is 7.98. The van der Waals surface area contributed by atoms with Crippen molar-refractivity contribution in [3.8, 4) is 22.5 Å². The number of benzene rings is 2. The van der Waals surface area contributed by atoms with Crippen LogP contribution in [0.1, 0.15) is 71.6 Å². The average Bonchev–Trinajstić information content (AvgIpc) is 3.26. The van der Waals surface area contributed by atoms with Gasteiger partial charge in [-0.05, 0) is 19.3 Å². The largest absolute Gasteiger partial charge is 0.356 e. The first-order valence-corrected chi connectivity index (χ1v) is 14.3. The number of imidazole rings is 1. The van der Waals surface area contributed by atoms with Crippen LogP contribution >= 0.6 is 11.8 Å². The molecular weight excluding hydrogens is 450 g/mol. The second kappa shape index (κ2) is 15.5. The van der Waals surface area contributed by atoms with Gasteiger partial charge in [-0.3, -0.25) is 4.79 Å². The molecule has 4 nitrogen and oxygen atoms in total. The van der Waals surface area contributed by atoms with Gasteiger partial charge in [0.15, 0.2) is 5.16 Å². The normalized spacial score (nSPS) is 11.0. The average molecular weight is 492 g/mol. The second-order valence-corrected chi connectivity index (χ2v) is 10.1. The van der Waals surface area contributed by atoms with E-state index in [9.17, 15) is 4.79 Å². The van der Waals surface area contributed by atoms with Gasteiger partial charge in [-0.2, -0.15) is 0 Å². The summed E-state index contributed by atoms with van der Waals surface area (Å²) in [6, 6.07) is 21.1. The van der Waals surface area contributed by atoms with Crippen LogP contribution in [-0.4, -0.2) is 27.8 Å². The third kappa shape index (κ3) is 8.57. The summed E-state index contributed by atoms with van der Waals surface area (Å²) >= 11 is 1.80. The summed E-state index contributed by atoms with van der Waals surface area (Å²) in [6.07, 6.45) is 9.75. The Hall–Kier alpha value is -2.53. The van der Waals surface area contributed by atoms with Crippen molar-refractivity contribution in [2.24, 2.45) is 0 Å². The van der Waals surface area contributed by atoms with Crippen molar-refractivity contribution >= 4 is 17.7 Å². The molecule has 0 aliphatic heterocycles. The molecule has 1 aromatic heterocycles. The minimum Gasteiger partial charge on any atom is -0.356 e. The Balaban J connectivity index is 1.65. The number of amides is 1. The van der Waals surface area contributed by atoms with E-state index in [2.05, 4.69) is 84.4 Å². The lowest BCUT2D eigenvalue weighted by molar-refractivity contribution is -0.121. The van der Waals surface area contributed by atoms with Crippen LogP contribution in [0, 0.1) is 0 Å². The smallest absolute Gasteiger partial charge is 0.219 e. The highest BCUT2D eigenvalue weighted by Gasteiger charge is 2.20. The maximum Gasteiger partial charge on any atom is 0.219 e. The molecule has 2 aromatic carbocycles. The van der Waals surface area contributed by atoms with Gasteiger partial charge in [0.2, 0.25) is 5.91 Å². The third-order valence-corrected chi connectivity index (χ3v) is 7.21. The minimum atomic E-state index is 0.189. The molecule has 1 heterocycles. The van der Waals surface area contributed by atoms with E-state index in [0.717, 1.165) is 67.4 Å². The molecule has 0 bridgehead atoms. The van der Waals surface area contributed by atoms with Crippen LogP contribution in [0.25, 0.3) is 22.5 Å². The fraction of sp³-hybridized carbons (Fsp3) is 0.467. The molecule has 0 spiro atoms. The molecule has 1 amide bonds. The molecule has 0 aliphatic carbocycles. The summed E-state index contributed by atoms with van der Waals surface area (Å²) in [5, 5.41) is 4.17. The quantitative estimate of drug-likeness (QED) is 0.163. The molecular formula is C30H41N3OS. The molecule has 5 heteroatoms. The lowest BCUT2D eigenvalue weighted by Crippen LogP contribution is -2.24. The van der Waals surface area contributed by atoms with Crippen LogP contribution in [-0.2, 0) is 11.3 Å². The van der Waals surface area contributed by atoms with Crippen molar-refractivity contribution < 1.29 is 4.79 Å². The van der Waals surface area contributed by atoms with Gasteiger partial charge in [0.1, 0.15) is 0 Å². The van der Waals surface area contributed by atoms with Crippen molar-refractivity contribution in [1.29, 1.82) is 0 Å². The van der Waals surface area contributed by atoms with E-state index in [0.29, 0.717) is 6.42 Å². The summed E-state index contributed by atoms with van der Waals surface area (Å²) < 4.78 is 2.40. The summed E-state index contributed by atoms with van der Waals surface area (Å²) in [4.78, 5) is 17.3. The molecule has 0 fully saturated rings. The van der Waals surface area contributed by atoms with Crippen LogP contribution in [0.2, 0.25) is 0 Å². The van der Waals surface area contributed by atoms with Gasteiger partial charge in [-0.1, -0.05) is 118 Å². The Morgan fingerprint density at radius 1 is 0.829 bits per heavy atom. The van der Waals surface area contributed by atoms with E-state index in [1.54, 1.807) is 11.8 Å². The number of carbonyl (C=O) groups is 1. The number of thioether (sulfide) groups is 1. The van der Waals surface area contributed by atoms with E-state index >= 15 is 0 Å². The maximum absolute atomic E-state index is 12.1. The Kier molecular flexibility index (Phi) is 12.0. The van der Waals surface area contributed by atoms with Crippen LogP contribution in [0.15, 0.2) is 65.8 Å². The van der Waals surface area contributed by atoms with Crippen LogP contribution in [0.3, 0.4) is 0 Å². The summed E-state index contributed by atoms with van der Waals surface area (Å²) in [6.45, 7) is 6.13. The monoisotopic (exact) mass is 491 g/mol. The first kappa shape index (κ1) is 27.1. The fourth-order valence-corrected chi connectivity index (χ4v) is 5.16. The lowest BCUT2D eigenvalue weighted by atomic mass is 10.0. The van der Waals surface area contributed by atoms with Crippen molar-refractivity contribution in [3.05, 3.63) is 60.7 Å². The molecule has 0 unspecified atom stereocenters. The molecule has 0 radical (unpaired) electrons. The second-order valence-electron chi connectivity index (χ2n) is 9.05. The van der Waals surface area contributed by atoms with Gasteiger partial charge < -0.3 is 9.88 Å².